The van der Waals surface area contributed by atoms with E-state index in [1.807, 2.05) is 0 Å². The van der Waals surface area contributed by atoms with Crippen molar-refractivity contribution >= 4 is 16.8 Å². The Labute approximate surface area is 148 Å². The number of nitrogens with one attached hydrogen (secondary N) is 3. The molecule has 3 aromatic rings. The van der Waals surface area contributed by atoms with Gasteiger partial charge in [0.15, 0.2) is 5.75 Å². The molecule has 26 heavy (non-hydrogen) atoms. The molecule has 0 fully saturated rings. The fourth-order valence-corrected chi connectivity index (χ4v) is 3.56. The first-order valence-corrected chi connectivity index (χ1v) is 8.44. The van der Waals surface area contributed by atoms with Crippen molar-refractivity contribution in [2.75, 3.05) is 7.11 Å². The molecular formula is C19H18FN3O3. The minimum atomic E-state index is -0.368. The Balaban J connectivity index is 1.64. The molecule has 1 amide bonds. The molecule has 1 aliphatic rings. The number of hydrogen-bond acceptors (Lipinski definition) is 3. The Morgan fingerprint density at radius 3 is 2.96 bits per heavy atom. The molecule has 0 spiro atoms. The lowest BCUT2D eigenvalue weighted by atomic mass is 9.91. The van der Waals surface area contributed by atoms with Gasteiger partial charge in [0.2, 0.25) is 5.43 Å². The first-order chi connectivity index (χ1) is 12.6. The number of ether oxygens (including phenoxy) is 1. The van der Waals surface area contributed by atoms with E-state index < -0.39 is 0 Å². The number of benzene rings is 1. The van der Waals surface area contributed by atoms with Gasteiger partial charge >= 0.3 is 0 Å². The van der Waals surface area contributed by atoms with E-state index >= 15 is 0 Å². The molecule has 0 saturated carbocycles. The molecule has 0 saturated heterocycles. The monoisotopic (exact) mass is 355 g/mol. The van der Waals surface area contributed by atoms with E-state index in [0.717, 1.165) is 41.4 Å². The maximum Gasteiger partial charge on any atom is 0.268 e. The van der Waals surface area contributed by atoms with Gasteiger partial charge in [-0.05, 0) is 43.0 Å². The van der Waals surface area contributed by atoms with Crippen LogP contribution in [-0.2, 0) is 6.42 Å². The van der Waals surface area contributed by atoms with Crippen LogP contribution in [0.25, 0.3) is 10.9 Å². The summed E-state index contributed by atoms with van der Waals surface area (Å²) in [6, 6.07) is 5.66. The van der Waals surface area contributed by atoms with Crippen molar-refractivity contribution in [1.29, 1.82) is 0 Å². The lowest BCUT2D eigenvalue weighted by Crippen LogP contribution is -2.32. The third-order valence-electron chi connectivity index (χ3n) is 4.82. The Bertz CT molecular complexity index is 1050. The number of amides is 1. The summed E-state index contributed by atoms with van der Waals surface area (Å²) in [7, 11) is 1.40. The largest absolute Gasteiger partial charge is 0.491 e. The number of aryl methyl sites for hydroxylation is 1. The molecule has 4 rings (SSSR count). The van der Waals surface area contributed by atoms with Crippen molar-refractivity contribution in [2.45, 2.75) is 25.3 Å². The fraction of sp³-hybridized carbons (Fsp3) is 0.263. The zero-order valence-electron chi connectivity index (χ0n) is 14.2. The number of methoxy groups -OCH3 is 1. The van der Waals surface area contributed by atoms with Gasteiger partial charge in [-0.2, -0.15) is 0 Å². The molecule has 3 N–H and O–H groups in total. The Hall–Kier alpha value is -3.09. The van der Waals surface area contributed by atoms with Crippen molar-refractivity contribution in [1.82, 2.24) is 15.3 Å². The van der Waals surface area contributed by atoms with Crippen molar-refractivity contribution in [3.05, 3.63) is 63.5 Å². The topological polar surface area (TPSA) is 87.0 Å². The average molecular weight is 355 g/mol. The number of fused-ring (bicyclic) bond motifs is 3. The lowest BCUT2D eigenvalue weighted by Gasteiger charge is -2.23. The number of aromatic nitrogens is 2. The summed E-state index contributed by atoms with van der Waals surface area (Å²) < 4.78 is 18.5. The number of hydrogen-bond donors (Lipinski definition) is 3. The summed E-state index contributed by atoms with van der Waals surface area (Å²) in [5, 5.41) is 3.81. The summed E-state index contributed by atoms with van der Waals surface area (Å²) in [6.45, 7) is 0. The fourth-order valence-electron chi connectivity index (χ4n) is 3.56. The number of carbonyl (C=O) groups excluding carboxylic acids is 1. The van der Waals surface area contributed by atoms with Gasteiger partial charge in [0.05, 0.1) is 13.2 Å². The van der Waals surface area contributed by atoms with Crippen molar-refractivity contribution in [3.8, 4) is 5.75 Å². The van der Waals surface area contributed by atoms with E-state index in [0.29, 0.717) is 0 Å². The molecule has 2 heterocycles. The first kappa shape index (κ1) is 16.4. The van der Waals surface area contributed by atoms with Gasteiger partial charge in [-0.1, -0.05) is 0 Å². The zero-order chi connectivity index (χ0) is 18.3. The number of pyridine rings is 1. The van der Waals surface area contributed by atoms with Crippen molar-refractivity contribution in [3.63, 3.8) is 0 Å². The third kappa shape index (κ3) is 2.75. The molecule has 1 aliphatic carbocycles. The van der Waals surface area contributed by atoms with E-state index in [4.69, 9.17) is 4.74 Å². The Morgan fingerprint density at radius 1 is 1.35 bits per heavy atom. The van der Waals surface area contributed by atoms with Gasteiger partial charge in [-0.15, -0.1) is 0 Å². The van der Waals surface area contributed by atoms with Crippen molar-refractivity contribution < 1.29 is 13.9 Å². The highest BCUT2D eigenvalue weighted by molar-refractivity contribution is 5.93. The summed E-state index contributed by atoms with van der Waals surface area (Å²) in [6.07, 6.45) is 3.87. The Kier molecular flexibility index (Phi) is 3.99. The predicted octanol–water partition coefficient (Wildman–Crippen LogP) is 2.81. The van der Waals surface area contributed by atoms with Crippen LogP contribution in [0, 0.1) is 5.82 Å². The standard InChI is InChI=1S/C19H18FN3O3/c1-26-17-9-21-15(8-16(17)24)19(25)23-14-4-2-3-11-12-7-10(20)5-6-13(12)22-18(11)14/h5-9,14,22H,2-4H2,1H3,(H,21,24)(H,23,25). The van der Waals surface area contributed by atoms with Crippen LogP contribution in [0.3, 0.4) is 0 Å². The van der Waals surface area contributed by atoms with Crippen molar-refractivity contribution in [2.24, 2.45) is 0 Å². The molecule has 0 bridgehead atoms. The van der Waals surface area contributed by atoms with Crippen LogP contribution in [-0.4, -0.2) is 23.0 Å². The summed E-state index contributed by atoms with van der Waals surface area (Å²) in [4.78, 5) is 30.5. The maximum absolute atomic E-state index is 13.6. The smallest absolute Gasteiger partial charge is 0.268 e. The van der Waals surface area contributed by atoms with Gasteiger partial charge in [-0.25, -0.2) is 4.39 Å². The quantitative estimate of drug-likeness (QED) is 0.675. The second-order valence-electron chi connectivity index (χ2n) is 6.40. The predicted molar refractivity (Wildman–Crippen MR) is 95.0 cm³/mol. The molecule has 0 aliphatic heterocycles. The second kappa shape index (κ2) is 6.33. The van der Waals surface area contributed by atoms with Crippen LogP contribution in [0.15, 0.2) is 35.3 Å². The minimum Gasteiger partial charge on any atom is -0.491 e. The molecule has 0 radical (unpaired) electrons. The van der Waals surface area contributed by atoms with Crippen LogP contribution >= 0.6 is 0 Å². The Morgan fingerprint density at radius 2 is 2.19 bits per heavy atom. The number of halogens is 1. The van der Waals surface area contributed by atoms with Crippen LogP contribution in [0.4, 0.5) is 4.39 Å². The maximum atomic E-state index is 13.6. The molecule has 134 valence electrons. The molecule has 2 aromatic heterocycles. The molecule has 1 aromatic carbocycles. The van der Waals surface area contributed by atoms with Crippen LogP contribution in [0.2, 0.25) is 0 Å². The highest BCUT2D eigenvalue weighted by Crippen LogP contribution is 2.35. The molecule has 1 unspecified atom stereocenters. The molecule has 7 heteroatoms. The minimum absolute atomic E-state index is 0.152. The molecular weight excluding hydrogens is 337 g/mol. The summed E-state index contributed by atoms with van der Waals surface area (Å²) >= 11 is 0. The zero-order valence-corrected chi connectivity index (χ0v) is 14.2. The molecule has 6 nitrogen and oxygen atoms in total. The summed E-state index contributed by atoms with van der Waals surface area (Å²) in [5.74, 6) is -0.493. The number of carbonyl (C=O) groups is 1. The van der Waals surface area contributed by atoms with Gasteiger partial charge < -0.3 is 20.0 Å². The highest BCUT2D eigenvalue weighted by Gasteiger charge is 2.26. The van der Waals surface area contributed by atoms with Gasteiger partial charge in [0.25, 0.3) is 5.91 Å². The second-order valence-corrected chi connectivity index (χ2v) is 6.40. The number of aromatic amines is 2. The SMILES string of the molecule is COc1c[nH]c(C(=O)NC2CCCc3c2[nH]c2ccc(F)cc32)cc1=O. The van der Waals surface area contributed by atoms with E-state index in [2.05, 4.69) is 15.3 Å². The van der Waals surface area contributed by atoms with E-state index in [1.54, 1.807) is 6.07 Å². The van der Waals surface area contributed by atoms with Crippen LogP contribution in [0.5, 0.6) is 5.75 Å². The van der Waals surface area contributed by atoms with Gasteiger partial charge in [-0.3, -0.25) is 9.59 Å². The highest BCUT2D eigenvalue weighted by atomic mass is 19.1. The van der Waals surface area contributed by atoms with E-state index in [1.165, 1.54) is 31.5 Å². The van der Waals surface area contributed by atoms with E-state index in [-0.39, 0.29) is 34.6 Å². The van der Waals surface area contributed by atoms with Crippen LogP contribution < -0.4 is 15.5 Å². The van der Waals surface area contributed by atoms with E-state index in [9.17, 15) is 14.0 Å². The first-order valence-electron chi connectivity index (χ1n) is 8.44. The number of rotatable bonds is 3. The normalized spacial score (nSPS) is 16.3. The average Bonchev–Trinajstić information content (AvgIpc) is 3.00. The lowest BCUT2D eigenvalue weighted by molar-refractivity contribution is 0.0926. The summed E-state index contributed by atoms with van der Waals surface area (Å²) in [5.41, 5.74) is 2.61. The number of H-pyrrole nitrogens is 2. The van der Waals surface area contributed by atoms with Gasteiger partial charge in [0, 0.05) is 28.9 Å². The van der Waals surface area contributed by atoms with Gasteiger partial charge in [0.1, 0.15) is 11.5 Å². The van der Waals surface area contributed by atoms with Crippen LogP contribution in [0.1, 0.15) is 40.6 Å². The third-order valence-corrected chi connectivity index (χ3v) is 4.82. The molecule has 1 atom stereocenters.